The van der Waals surface area contributed by atoms with Gasteiger partial charge in [0.15, 0.2) is 10.2 Å². The third kappa shape index (κ3) is 5.05. The first-order valence-corrected chi connectivity index (χ1v) is 14.4. The summed E-state index contributed by atoms with van der Waals surface area (Å²) < 4.78 is 7.87. The third-order valence-corrected chi connectivity index (χ3v) is 8.92. The monoisotopic (exact) mass is 589 g/mol. The molecule has 5 N–H and O–H groups in total. The van der Waals surface area contributed by atoms with Crippen LogP contribution in [0.3, 0.4) is 0 Å². The molecule has 204 valence electrons. The second-order valence-corrected chi connectivity index (χ2v) is 11.3. The number of carboxylic acids is 1. The number of nitrogens with zero attached hydrogens (tertiary/aromatic N) is 6. The molecule has 2 aliphatic heterocycles. The molecular formula is C22H23N9O5S3. The van der Waals surface area contributed by atoms with Crippen molar-refractivity contribution in [1.82, 2.24) is 24.0 Å². The second-order valence-electron chi connectivity index (χ2n) is 8.33. The van der Waals surface area contributed by atoms with Gasteiger partial charge in [-0.3, -0.25) is 14.5 Å². The van der Waals surface area contributed by atoms with Crippen molar-refractivity contribution in [2.24, 2.45) is 10.9 Å². The molecule has 5 heterocycles. The fraction of sp³-hybridized carbons (Fsp3) is 0.318. The van der Waals surface area contributed by atoms with Crippen LogP contribution in [0.15, 0.2) is 52.0 Å². The summed E-state index contributed by atoms with van der Waals surface area (Å²) in [5, 5.41) is 19.0. The van der Waals surface area contributed by atoms with Crippen LogP contribution < -0.4 is 26.5 Å². The van der Waals surface area contributed by atoms with Crippen molar-refractivity contribution in [2.75, 3.05) is 30.9 Å². The maximum absolute atomic E-state index is 13.1. The van der Waals surface area contributed by atoms with Gasteiger partial charge >= 0.3 is 0 Å². The van der Waals surface area contributed by atoms with E-state index in [4.69, 9.17) is 16.3 Å². The zero-order valence-electron chi connectivity index (χ0n) is 20.5. The van der Waals surface area contributed by atoms with E-state index in [-0.39, 0.29) is 28.9 Å². The molecule has 2 aliphatic rings. The molecule has 0 aromatic carbocycles. The van der Waals surface area contributed by atoms with Crippen molar-refractivity contribution >= 4 is 69.3 Å². The summed E-state index contributed by atoms with van der Waals surface area (Å²) in [7, 11) is 1.25. The van der Waals surface area contributed by atoms with E-state index in [1.165, 1.54) is 18.9 Å². The van der Waals surface area contributed by atoms with Crippen LogP contribution >= 0.6 is 35.1 Å². The molecule has 0 spiro atoms. The number of hydrogen-bond acceptors (Lipinski definition) is 13. The fourth-order valence-electron chi connectivity index (χ4n) is 4.33. The van der Waals surface area contributed by atoms with Gasteiger partial charge < -0.3 is 31.5 Å². The SMILES string of the molecule is CO/N=C(\C(=O)N[C@@H]1C(=O)N2C(C(=O)[O-])=C(C[n+]3ccn4c(SCCN)cccc43)CS[C@H]12)c1nsc(N)n1. The van der Waals surface area contributed by atoms with E-state index in [1.54, 1.807) is 11.8 Å². The molecule has 0 bridgehead atoms. The summed E-state index contributed by atoms with van der Waals surface area (Å²) >= 11 is 3.84. The van der Waals surface area contributed by atoms with E-state index in [0.29, 0.717) is 17.9 Å². The largest absolute Gasteiger partial charge is 0.543 e. The number of pyridine rings is 1. The number of oxime groups is 1. The first-order valence-electron chi connectivity index (χ1n) is 11.6. The lowest BCUT2D eigenvalue weighted by atomic mass is 10.0. The van der Waals surface area contributed by atoms with Gasteiger partial charge in [-0.1, -0.05) is 16.9 Å². The summed E-state index contributed by atoms with van der Waals surface area (Å²) in [5.74, 6) is -1.75. The Morgan fingerprint density at radius 1 is 1.41 bits per heavy atom. The lowest BCUT2D eigenvalue weighted by molar-refractivity contribution is -0.662. The number of aliphatic carboxylic acids is 1. The number of hydrogen-bond donors (Lipinski definition) is 3. The van der Waals surface area contributed by atoms with Crippen LogP contribution in [0.4, 0.5) is 5.13 Å². The van der Waals surface area contributed by atoms with Gasteiger partial charge in [-0.05, 0) is 12.1 Å². The summed E-state index contributed by atoms with van der Waals surface area (Å²) in [6.07, 6.45) is 3.76. The Kier molecular flexibility index (Phi) is 7.74. The van der Waals surface area contributed by atoms with E-state index in [9.17, 15) is 19.5 Å². The molecule has 2 atom stereocenters. The van der Waals surface area contributed by atoms with Crippen molar-refractivity contribution in [1.29, 1.82) is 0 Å². The highest BCUT2D eigenvalue weighted by Crippen LogP contribution is 2.40. The highest BCUT2D eigenvalue weighted by Gasteiger charge is 2.53. The molecule has 0 saturated carbocycles. The number of nitrogens with one attached hydrogen (secondary N) is 1. The number of amides is 2. The third-order valence-electron chi connectivity index (χ3n) is 5.97. The molecule has 0 radical (unpaired) electrons. The molecule has 0 unspecified atom stereocenters. The van der Waals surface area contributed by atoms with Crippen molar-refractivity contribution < 1.29 is 28.9 Å². The molecule has 2 amide bonds. The van der Waals surface area contributed by atoms with Crippen molar-refractivity contribution in [3.63, 3.8) is 0 Å². The van der Waals surface area contributed by atoms with Gasteiger partial charge in [-0.25, -0.2) is 4.57 Å². The Labute approximate surface area is 234 Å². The maximum atomic E-state index is 13.1. The van der Waals surface area contributed by atoms with Crippen molar-refractivity contribution in [3.8, 4) is 0 Å². The Morgan fingerprint density at radius 2 is 2.23 bits per heavy atom. The van der Waals surface area contributed by atoms with Crippen LogP contribution in [0.5, 0.6) is 0 Å². The highest BCUT2D eigenvalue weighted by molar-refractivity contribution is 8.00. The van der Waals surface area contributed by atoms with Gasteiger partial charge in [0, 0.05) is 41.2 Å². The van der Waals surface area contributed by atoms with E-state index in [0.717, 1.165) is 32.9 Å². The molecule has 5 rings (SSSR count). The lowest BCUT2D eigenvalue weighted by Crippen LogP contribution is -2.71. The number of fused-ring (bicyclic) bond motifs is 2. The van der Waals surface area contributed by atoms with Crippen LogP contribution in [0.1, 0.15) is 5.82 Å². The Balaban J connectivity index is 1.36. The van der Waals surface area contributed by atoms with Gasteiger partial charge in [0.05, 0.1) is 11.7 Å². The van der Waals surface area contributed by atoms with Crippen LogP contribution in [0, 0.1) is 0 Å². The number of carboxylic acid groups (broad SMARTS) is 1. The van der Waals surface area contributed by atoms with E-state index >= 15 is 0 Å². The predicted octanol–water partition coefficient (Wildman–Crippen LogP) is -1.83. The fourth-order valence-corrected chi connectivity index (χ4v) is 6.89. The number of aromatic nitrogens is 4. The summed E-state index contributed by atoms with van der Waals surface area (Å²) in [5.41, 5.74) is 12.2. The molecule has 3 aromatic rings. The lowest BCUT2D eigenvalue weighted by Gasteiger charge is -2.50. The Hall–Kier alpha value is -3.67. The summed E-state index contributed by atoms with van der Waals surface area (Å²) in [4.78, 5) is 48.1. The van der Waals surface area contributed by atoms with Crippen LogP contribution in [0.25, 0.3) is 5.65 Å². The average Bonchev–Trinajstić information content (AvgIpc) is 3.54. The standard InChI is InChI=1S/C22H23N9O5S3/c1-36-27-14(17-26-22(24)39-28-17)18(32)25-15-19(33)31-16(21(34)35)11(10-38-20(15)31)9-29-6-7-30-12(29)3-2-4-13(30)37-8-5-23/h2-4,6-7,15,20H,5,8-10,23H2,1H3,(H3-,24,25,26,28,32,34,35)/b27-14-/t15-,20-/m1/s1. The molecule has 17 heteroatoms. The van der Waals surface area contributed by atoms with Crippen LogP contribution in [0.2, 0.25) is 0 Å². The Bertz CT molecular complexity index is 1520. The normalized spacial score (nSPS) is 19.2. The smallest absolute Gasteiger partial charge is 0.287 e. The Morgan fingerprint density at radius 3 is 2.92 bits per heavy atom. The number of carbonyl (C=O) groups is 3. The number of β-lactam (4-membered cyclic amide) rings is 1. The van der Waals surface area contributed by atoms with Gasteiger partial charge in [-0.15, -0.1) is 11.8 Å². The molecule has 3 aromatic heterocycles. The van der Waals surface area contributed by atoms with Gasteiger partial charge in [-0.2, -0.15) is 13.8 Å². The highest BCUT2D eigenvalue weighted by atomic mass is 32.2. The zero-order chi connectivity index (χ0) is 27.7. The van der Waals surface area contributed by atoms with Crippen LogP contribution in [-0.4, -0.2) is 78.7 Å². The summed E-state index contributed by atoms with van der Waals surface area (Å²) in [6, 6.07) is 4.85. The molecule has 39 heavy (non-hydrogen) atoms. The van der Waals surface area contributed by atoms with E-state index < -0.39 is 29.2 Å². The van der Waals surface area contributed by atoms with Gasteiger partial charge in [0.1, 0.15) is 37.5 Å². The first-order chi connectivity index (χ1) is 18.8. The van der Waals surface area contributed by atoms with E-state index in [2.05, 4.69) is 19.8 Å². The average molecular weight is 590 g/mol. The molecule has 1 fully saturated rings. The minimum atomic E-state index is -1.46. The number of anilines is 1. The molecule has 1 saturated heterocycles. The maximum Gasteiger partial charge on any atom is 0.287 e. The van der Waals surface area contributed by atoms with E-state index in [1.807, 2.05) is 39.6 Å². The quantitative estimate of drug-likeness (QED) is 0.0790. The predicted molar refractivity (Wildman–Crippen MR) is 142 cm³/mol. The number of nitrogens with two attached hydrogens (primary N) is 2. The van der Waals surface area contributed by atoms with Crippen molar-refractivity contribution in [2.45, 2.75) is 23.0 Å². The summed E-state index contributed by atoms with van der Waals surface area (Å²) in [6.45, 7) is 0.789. The van der Waals surface area contributed by atoms with Gasteiger partial charge in [0.2, 0.25) is 11.5 Å². The molecule has 0 aliphatic carbocycles. The second kappa shape index (κ2) is 11.2. The number of rotatable bonds is 10. The number of nitrogen functional groups attached to an aromatic ring is 1. The topological polar surface area (TPSA) is 197 Å². The number of carbonyl (C=O) groups excluding carboxylic acids is 3. The van der Waals surface area contributed by atoms with Crippen LogP contribution in [-0.2, 0) is 25.8 Å². The number of thioether (sulfide) groups is 2. The zero-order valence-corrected chi connectivity index (χ0v) is 22.9. The first kappa shape index (κ1) is 26.9. The molecule has 14 nitrogen and oxygen atoms in total. The van der Waals surface area contributed by atoms with Crippen molar-refractivity contribution in [3.05, 3.63) is 47.7 Å². The minimum absolute atomic E-state index is 0.0456. The number of imidazole rings is 1. The minimum Gasteiger partial charge on any atom is -0.543 e. The van der Waals surface area contributed by atoms with Gasteiger partial charge in [0.25, 0.3) is 17.5 Å². The molecular weight excluding hydrogens is 567 g/mol.